The van der Waals surface area contributed by atoms with Crippen molar-refractivity contribution in [2.24, 2.45) is 0 Å². The second-order valence-electron chi connectivity index (χ2n) is 4.05. The maximum Gasteiger partial charge on any atom is 0.144 e. The van der Waals surface area contributed by atoms with E-state index in [1.54, 1.807) is 7.11 Å². The molecule has 4 nitrogen and oxygen atoms in total. The van der Waals surface area contributed by atoms with Crippen molar-refractivity contribution in [1.82, 2.24) is 9.97 Å². The number of H-pyrrole nitrogens is 1. The van der Waals surface area contributed by atoms with Gasteiger partial charge in [0.05, 0.1) is 22.9 Å². The number of aromatic amines is 1. The van der Waals surface area contributed by atoms with E-state index in [0.717, 1.165) is 41.9 Å². The fourth-order valence-corrected chi connectivity index (χ4v) is 2.45. The van der Waals surface area contributed by atoms with Crippen LogP contribution in [0.3, 0.4) is 0 Å². The van der Waals surface area contributed by atoms with Crippen LogP contribution in [0.5, 0.6) is 0 Å². The highest BCUT2D eigenvalue weighted by molar-refractivity contribution is 9.10. The van der Waals surface area contributed by atoms with Crippen molar-refractivity contribution >= 4 is 28.1 Å². The summed E-state index contributed by atoms with van der Waals surface area (Å²) in [5.41, 5.74) is 0.931. The Morgan fingerprint density at radius 1 is 1.65 bits per heavy atom. The summed E-state index contributed by atoms with van der Waals surface area (Å²) in [7, 11) is 1.66. The van der Waals surface area contributed by atoms with Crippen LogP contribution in [0.1, 0.15) is 24.4 Å². The number of hydrogen-bond acceptors (Lipinski definition) is 4. The standard InChI is InChI=1S/C11H15BrN2O2S/c1-15-6-8-10(12)11(17)14-9(13-8)5-7-3-2-4-16-7/h7H,2-6H2,1H3,(H,13,14,17). The first-order valence-electron chi connectivity index (χ1n) is 5.59. The third-order valence-electron chi connectivity index (χ3n) is 2.72. The molecule has 1 saturated heterocycles. The molecule has 0 spiro atoms. The zero-order chi connectivity index (χ0) is 12.3. The first-order valence-corrected chi connectivity index (χ1v) is 6.79. The first kappa shape index (κ1) is 13.1. The van der Waals surface area contributed by atoms with E-state index in [-0.39, 0.29) is 6.10 Å². The van der Waals surface area contributed by atoms with Gasteiger partial charge in [-0.05, 0) is 28.8 Å². The van der Waals surface area contributed by atoms with E-state index in [2.05, 4.69) is 25.9 Å². The van der Waals surface area contributed by atoms with Crippen LogP contribution >= 0.6 is 28.1 Å². The number of nitrogens with zero attached hydrogens (tertiary/aromatic N) is 1. The summed E-state index contributed by atoms with van der Waals surface area (Å²) in [5, 5.41) is 0. The molecule has 1 aromatic heterocycles. The zero-order valence-electron chi connectivity index (χ0n) is 9.66. The molecule has 0 radical (unpaired) electrons. The third kappa shape index (κ3) is 3.34. The maximum absolute atomic E-state index is 5.59. The van der Waals surface area contributed by atoms with E-state index < -0.39 is 0 Å². The molecular formula is C11H15BrN2O2S. The molecule has 0 aromatic carbocycles. The van der Waals surface area contributed by atoms with Crippen LogP contribution < -0.4 is 0 Å². The Labute approximate surface area is 114 Å². The Morgan fingerprint density at radius 3 is 3.12 bits per heavy atom. The second-order valence-corrected chi connectivity index (χ2v) is 5.23. The van der Waals surface area contributed by atoms with E-state index >= 15 is 0 Å². The molecule has 2 heterocycles. The molecule has 0 saturated carbocycles. The highest BCUT2D eigenvalue weighted by atomic mass is 79.9. The number of hydrogen-bond donors (Lipinski definition) is 1. The van der Waals surface area contributed by atoms with Gasteiger partial charge in [-0.3, -0.25) is 0 Å². The van der Waals surface area contributed by atoms with Crippen molar-refractivity contribution in [2.75, 3.05) is 13.7 Å². The summed E-state index contributed by atoms with van der Waals surface area (Å²) in [5.74, 6) is 0.872. The lowest BCUT2D eigenvalue weighted by Gasteiger charge is -2.11. The number of nitrogens with one attached hydrogen (secondary N) is 1. The predicted molar refractivity (Wildman–Crippen MR) is 70.5 cm³/mol. The summed E-state index contributed by atoms with van der Waals surface area (Å²) >= 11 is 8.63. The monoisotopic (exact) mass is 318 g/mol. The van der Waals surface area contributed by atoms with Gasteiger partial charge in [-0.1, -0.05) is 12.2 Å². The largest absolute Gasteiger partial charge is 0.378 e. The lowest BCUT2D eigenvalue weighted by Crippen LogP contribution is -2.13. The smallest absolute Gasteiger partial charge is 0.144 e. The molecule has 0 aliphatic carbocycles. The van der Waals surface area contributed by atoms with Gasteiger partial charge in [0.2, 0.25) is 0 Å². The van der Waals surface area contributed by atoms with Crippen molar-refractivity contribution in [3.05, 3.63) is 20.6 Å². The average molecular weight is 319 g/mol. The SMILES string of the molecule is COCc1[nH]c(CC2CCCO2)nc(=S)c1Br. The van der Waals surface area contributed by atoms with Gasteiger partial charge in [-0.15, -0.1) is 0 Å². The predicted octanol–water partition coefficient (Wildman–Crippen LogP) is 2.77. The number of ether oxygens (including phenoxy) is 2. The van der Waals surface area contributed by atoms with Crippen molar-refractivity contribution in [1.29, 1.82) is 0 Å². The van der Waals surface area contributed by atoms with Crippen LogP contribution in [0.2, 0.25) is 0 Å². The summed E-state index contributed by atoms with van der Waals surface area (Å²) in [6.45, 7) is 1.35. The zero-order valence-corrected chi connectivity index (χ0v) is 12.1. The molecule has 2 rings (SSSR count). The van der Waals surface area contributed by atoms with Crippen LogP contribution in [0.4, 0.5) is 0 Å². The lowest BCUT2D eigenvalue weighted by molar-refractivity contribution is 0.109. The second kappa shape index (κ2) is 6.04. The van der Waals surface area contributed by atoms with Gasteiger partial charge in [0.15, 0.2) is 0 Å². The fraction of sp³-hybridized carbons (Fsp3) is 0.636. The average Bonchev–Trinajstić information content (AvgIpc) is 2.78. The molecule has 1 N–H and O–H groups in total. The quantitative estimate of drug-likeness (QED) is 0.867. The lowest BCUT2D eigenvalue weighted by atomic mass is 10.2. The minimum absolute atomic E-state index is 0.268. The highest BCUT2D eigenvalue weighted by Gasteiger charge is 2.17. The third-order valence-corrected chi connectivity index (χ3v) is 4.13. The molecule has 1 aromatic rings. The molecule has 0 amide bonds. The Kier molecular flexibility index (Phi) is 4.67. The van der Waals surface area contributed by atoms with E-state index in [1.165, 1.54) is 0 Å². The molecule has 1 unspecified atom stereocenters. The number of halogens is 1. The van der Waals surface area contributed by atoms with Gasteiger partial charge in [0.25, 0.3) is 0 Å². The number of methoxy groups -OCH3 is 1. The van der Waals surface area contributed by atoms with Crippen LogP contribution in [0.15, 0.2) is 4.47 Å². The Balaban J connectivity index is 2.19. The molecule has 1 aliphatic heterocycles. The Morgan fingerprint density at radius 2 is 2.47 bits per heavy atom. The molecular weight excluding hydrogens is 304 g/mol. The molecule has 17 heavy (non-hydrogen) atoms. The summed E-state index contributed by atoms with van der Waals surface area (Å²) < 4.78 is 12.1. The molecule has 1 aliphatic rings. The topological polar surface area (TPSA) is 47.1 Å². The van der Waals surface area contributed by atoms with Crippen molar-refractivity contribution in [3.63, 3.8) is 0 Å². The van der Waals surface area contributed by atoms with E-state index in [1.807, 2.05) is 0 Å². The van der Waals surface area contributed by atoms with Crippen LogP contribution in [-0.4, -0.2) is 29.8 Å². The van der Waals surface area contributed by atoms with Gasteiger partial charge in [-0.2, -0.15) is 0 Å². The fourth-order valence-electron chi connectivity index (χ4n) is 1.92. The summed E-state index contributed by atoms with van der Waals surface area (Å²) in [6.07, 6.45) is 3.28. The normalized spacial score (nSPS) is 19.8. The maximum atomic E-state index is 5.59. The van der Waals surface area contributed by atoms with Crippen molar-refractivity contribution in [2.45, 2.75) is 32.0 Å². The Bertz CT molecular complexity index is 444. The molecule has 94 valence electrons. The minimum atomic E-state index is 0.268. The van der Waals surface area contributed by atoms with Crippen LogP contribution in [-0.2, 0) is 22.5 Å². The first-order chi connectivity index (χ1) is 8.20. The van der Waals surface area contributed by atoms with Crippen LogP contribution in [0.25, 0.3) is 0 Å². The number of aromatic nitrogens is 2. The van der Waals surface area contributed by atoms with Crippen molar-refractivity contribution in [3.8, 4) is 0 Å². The Hall–Kier alpha value is -0.300. The minimum Gasteiger partial charge on any atom is -0.378 e. The number of rotatable bonds is 4. The van der Waals surface area contributed by atoms with Crippen LogP contribution in [0, 0.1) is 4.64 Å². The van der Waals surface area contributed by atoms with E-state index in [4.69, 9.17) is 21.7 Å². The van der Waals surface area contributed by atoms with Gasteiger partial charge < -0.3 is 14.5 Å². The molecule has 1 fully saturated rings. The molecule has 0 bridgehead atoms. The summed E-state index contributed by atoms with van der Waals surface area (Å²) in [6, 6.07) is 0. The molecule has 1 atom stereocenters. The van der Waals surface area contributed by atoms with Crippen molar-refractivity contribution < 1.29 is 9.47 Å². The summed E-state index contributed by atoms with van der Waals surface area (Å²) in [4.78, 5) is 7.61. The molecule has 6 heteroatoms. The van der Waals surface area contributed by atoms with E-state index in [9.17, 15) is 0 Å². The highest BCUT2D eigenvalue weighted by Crippen LogP contribution is 2.19. The van der Waals surface area contributed by atoms with Gasteiger partial charge >= 0.3 is 0 Å². The van der Waals surface area contributed by atoms with Gasteiger partial charge in [-0.25, -0.2) is 4.98 Å². The van der Waals surface area contributed by atoms with Gasteiger partial charge in [0.1, 0.15) is 10.5 Å². The van der Waals surface area contributed by atoms with Gasteiger partial charge in [0, 0.05) is 20.1 Å². The van der Waals surface area contributed by atoms with E-state index in [0.29, 0.717) is 11.2 Å².